The van der Waals surface area contributed by atoms with Gasteiger partial charge in [0.2, 0.25) is 0 Å². The predicted octanol–water partition coefficient (Wildman–Crippen LogP) is 2.10. The van der Waals surface area contributed by atoms with Crippen molar-refractivity contribution < 1.29 is 9.90 Å². The summed E-state index contributed by atoms with van der Waals surface area (Å²) in [4.78, 5) is 15.0. The fraction of sp³-hybridized carbons (Fsp3) is 0.111. The molecule has 14 heavy (non-hydrogen) atoms. The normalized spacial score (nSPS) is 10.7. The molecule has 0 spiro atoms. The molecule has 0 aliphatic carbocycles. The van der Waals surface area contributed by atoms with Crippen molar-refractivity contribution in [1.82, 2.24) is 9.38 Å². The van der Waals surface area contributed by atoms with Crippen LogP contribution in [0.4, 0.5) is 0 Å². The lowest BCUT2D eigenvalue weighted by atomic mass is 10.3. The summed E-state index contributed by atoms with van der Waals surface area (Å²) in [6.45, 7) is 1.93. The minimum absolute atomic E-state index is 0.153. The number of carbonyl (C=O) groups is 1. The number of carboxylic acid groups (broad SMARTS) is 1. The lowest BCUT2D eigenvalue weighted by Crippen LogP contribution is -2.02. The number of halogens is 1. The third-order valence-electron chi connectivity index (χ3n) is 1.94. The smallest absolute Gasteiger partial charge is 0.355 e. The maximum atomic E-state index is 10.9. The second-order valence-electron chi connectivity index (χ2n) is 2.99. The highest BCUT2D eigenvalue weighted by Gasteiger charge is 2.15. The molecule has 5 heteroatoms. The molecule has 4 nitrogen and oxygen atoms in total. The van der Waals surface area contributed by atoms with E-state index in [4.69, 9.17) is 5.11 Å². The molecule has 1 N–H and O–H groups in total. The highest BCUT2D eigenvalue weighted by atomic mass is 79.9. The van der Waals surface area contributed by atoms with Crippen LogP contribution in [-0.2, 0) is 0 Å². The third-order valence-corrected chi connectivity index (χ3v) is 2.49. The van der Waals surface area contributed by atoms with Crippen molar-refractivity contribution in [1.29, 1.82) is 0 Å². The first-order chi connectivity index (χ1) is 6.59. The minimum Gasteiger partial charge on any atom is -0.476 e. The molecule has 0 saturated carbocycles. The Hall–Kier alpha value is -1.36. The summed E-state index contributed by atoms with van der Waals surface area (Å²) in [5.41, 5.74) is 1.83. The molecule has 0 bridgehead atoms. The molecule has 0 radical (unpaired) electrons. The van der Waals surface area contributed by atoms with E-state index < -0.39 is 5.97 Å². The van der Waals surface area contributed by atoms with Gasteiger partial charge in [0.05, 0.1) is 0 Å². The fourth-order valence-corrected chi connectivity index (χ4v) is 1.85. The van der Waals surface area contributed by atoms with Crippen LogP contribution in [0, 0.1) is 6.92 Å². The molecule has 2 heterocycles. The Morgan fingerprint density at radius 3 is 3.00 bits per heavy atom. The lowest BCUT2D eigenvalue weighted by molar-refractivity contribution is 0.0688. The summed E-state index contributed by atoms with van der Waals surface area (Å²) in [5, 5.41) is 8.93. The van der Waals surface area contributed by atoms with E-state index in [2.05, 4.69) is 20.9 Å². The van der Waals surface area contributed by atoms with Gasteiger partial charge in [-0.25, -0.2) is 9.78 Å². The number of nitrogens with zero attached hydrogens (tertiary/aromatic N) is 2. The molecule has 2 aromatic heterocycles. The number of aromatic nitrogens is 2. The van der Waals surface area contributed by atoms with Crippen LogP contribution in [0.25, 0.3) is 5.65 Å². The zero-order valence-electron chi connectivity index (χ0n) is 7.36. The Balaban J connectivity index is 2.84. The average Bonchev–Trinajstić information content (AvgIpc) is 2.39. The van der Waals surface area contributed by atoms with Crippen LogP contribution in [0.1, 0.15) is 16.1 Å². The van der Waals surface area contributed by atoms with Gasteiger partial charge in [-0.1, -0.05) is 0 Å². The summed E-state index contributed by atoms with van der Waals surface area (Å²) < 4.78 is 1.90. The van der Waals surface area contributed by atoms with Gasteiger partial charge in [0, 0.05) is 6.20 Å². The number of hydrogen-bond donors (Lipinski definition) is 1. The van der Waals surface area contributed by atoms with E-state index >= 15 is 0 Å². The van der Waals surface area contributed by atoms with E-state index in [1.807, 2.05) is 19.1 Å². The van der Waals surface area contributed by atoms with Gasteiger partial charge in [-0.15, -0.1) is 0 Å². The van der Waals surface area contributed by atoms with Crippen LogP contribution in [0.15, 0.2) is 22.9 Å². The number of imidazole rings is 1. The van der Waals surface area contributed by atoms with E-state index in [-0.39, 0.29) is 5.69 Å². The van der Waals surface area contributed by atoms with Gasteiger partial charge >= 0.3 is 5.97 Å². The summed E-state index contributed by atoms with van der Waals surface area (Å²) in [6.07, 6.45) is 1.70. The third kappa shape index (κ3) is 1.29. The van der Waals surface area contributed by atoms with Crippen molar-refractivity contribution in [3.8, 4) is 0 Å². The van der Waals surface area contributed by atoms with E-state index in [1.165, 1.54) is 0 Å². The van der Waals surface area contributed by atoms with Gasteiger partial charge < -0.3 is 5.11 Å². The fourth-order valence-electron chi connectivity index (χ4n) is 1.31. The number of aromatic carboxylic acids is 1. The molecule has 0 aliphatic rings. The summed E-state index contributed by atoms with van der Waals surface area (Å²) in [7, 11) is 0. The summed E-state index contributed by atoms with van der Waals surface area (Å²) in [5.74, 6) is -0.992. The summed E-state index contributed by atoms with van der Waals surface area (Å²) in [6, 6.07) is 3.67. The highest BCUT2D eigenvalue weighted by Crippen LogP contribution is 2.18. The highest BCUT2D eigenvalue weighted by molar-refractivity contribution is 9.10. The van der Waals surface area contributed by atoms with Crippen LogP contribution < -0.4 is 0 Å². The quantitative estimate of drug-likeness (QED) is 0.848. The Kier molecular flexibility index (Phi) is 2.03. The SMILES string of the molecule is Cc1ccn2c(C(=O)O)c(Br)nc2c1. The van der Waals surface area contributed by atoms with Crippen molar-refractivity contribution in [2.45, 2.75) is 6.92 Å². The van der Waals surface area contributed by atoms with Gasteiger partial charge in [-0.05, 0) is 40.5 Å². The Labute approximate surface area is 88.3 Å². The van der Waals surface area contributed by atoms with Crippen molar-refractivity contribution in [3.63, 3.8) is 0 Å². The van der Waals surface area contributed by atoms with E-state index in [0.717, 1.165) is 5.56 Å². The van der Waals surface area contributed by atoms with Crippen molar-refractivity contribution in [2.24, 2.45) is 0 Å². The molecular weight excluding hydrogens is 248 g/mol. The molecule has 0 fully saturated rings. The molecular formula is C9H7BrN2O2. The maximum absolute atomic E-state index is 10.9. The number of aryl methyl sites for hydroxylation is 1. The Bertz CT molecular complexity index is 519. The van der Waals surface area contributed by atoms with E-state index in [9.17, 15) is 4.79 Å². The lowest BCUT2D eigenvalue weighted by Gasteiger charge is -1.97. The maximum Gasteiger partial charge on any atom is 0.355 e. The van der Waals surface area contributed by atoms with E-state index in [0.29, 0.717) is 10.3 Å². The molecule has 0 aliphatic heterocycles. The first-order valence-corrected chi connectivity index (χ1v) is 4.76. The first kappa shape index (κ1) is 9.21. The second kappa shape index (κ2) is 3.09. The van der Waals surface area contributed by atoms with Crippen LogP contribution in [0.5, 0.6) is 0 Å². The van der Waals surface area contributed by atoms with Crippen molar-refractivity contribution in [3.05, 3.63) is 34.2 Å². The van der Waals surface area contributed by atoms with Crippen LogP contribution in [0.2, 0.25) is 0 Å². The standard InChI is InChI=1S/C9H7BrN2O2/c1-5-2-3-12-6(4-5)11-8(10)7(12)9(13)14/h2-4H,1H3,(H,13,14). The first-order valence-electron chi connectivity index (χ1n) is 3.97. The van der Waals surface area contributed by atoms with Gasteiger partial charge in [-0.3, -0.25) is 4.40 Å². The van der Waals surface area contributed by atoms with Gasteiger partial charge in [0.25, 0.3) is 0 Å². The molecule has 0 amide bonds. The minimum atomic E-state index is -0.992. The average molecular weight is 255 g/mol. The van der Waals surface area contributed by atoms with Crippen LogP contribution in [-0.4, -0.2) is 20.5 Å². The Morgan fingerprint density at radius 2 is 2.36 bits per heavy atom. The topological polar surface area (TPSA) is 54.6 Å². The van der Waals surface area contributed by atoms with Gasteiger partial charge in [0.1, 0.15) is 10.3 Å². The number of carboxylic acids is 1. The molecule has 0 aromatic carbocycles. The summed E-state index contributed by atoms with van der Waals surface area (Å²) >= 11 is 3.12. The van der Waals surface area contributed by atoms with E-state index in [1.54, 1.807) is 10.6 Å². The molecule has 0 unspecified atom stereocenters. The Morgan fingerprint density at radius 1 is 1.64 bits per heavy atom. The van der Waals surface area contributed by atoms with Gasteiger partial charge in [-0.2, -0.15) is 0 Å². The van der Waals surface area contributed by atoms with Crippen molar-refractivity contribution in [2.75, 3.05) is 0 Å². The molecule has 0 saturated heterocycles. The number of hydrogen-bond acceptors (Lipinski definition) is 2. The van der Waals surface area contributed by atoms with Crippen molar-refractivity contribution >= 4 is 27.5 Å². The molecule has 72 valence electrons. The predicted molar refractivity (Wildman–Crippen MR) is 54.6 cm³/mol. The number of pyridine rings is 1. The van der Waals surface area contributed by atoms with Gasteiger partial charge in [0.15, 0.2) is 5.69 Å². The zero-order valence-corrected chi connectivity index (χ0v) is 8.95. The number of fused-ring (bicyclic) bond motifs is 1. The monoisotopic (exact) mass is 254 g/mol. The van der Waals surface area contributed by atoms with Crippen LogP contribution >= 0.6 is 15.9 Å². The molecule has 2 rings (SSSR count). The molecule has 0 atom stereocenters. The zero-order chi connectivity index (χ0) is 10.3. The largest absolute Gasteiger partial charge is 0.476 e. The molecule has 2 aromatic rings. The second-order valence-corrected chi connectivity index (χ2v) is 3.74. The van der Waals surface area contributed by atoms with Crippen LogP contribution in [0.3, 0.4) is 0 Å². The number of rotatable bonds is 1.